The molecule has 0 radical (unpaired) electrons. The van der Waals surface area contributed by atoms with Gasteiger partial charge >= 0.3 is 0 Å². The molecule has 0 spiro atoms. The van der Waals surface area contributed by atoms with Crippen molar-refractivity contribution in [3.8, 4) is 5.75 Å². The fourth-order valence-electron chi connectivity index (χ4n) is 0.616. The molecule has 0 aliphatic heterocycles. The number of hydrogen-bond acceptors (Lipinski definition) is 4. The third-order valence-electron chi connectivity index (χ3n) is 1.17. The maximum Gasteiger partial charge on any atom is 0.275 e. The lowest BCUT2D eigenvalue weighted by molar-refractivity contribution is 0.0957. The molecule has 3 N–H and O–H groups in total. The second-order valence-corrected chi connectivity index (χ2v) is 2.74. The van der Waals surface area contributed by atoms with Gasteiger partial charge in [0, 0.05) is 11.4 Å². The number of ether oxygens (including phenoxy) is 1. The van der Waals surface area contributed by atoms with Crippen molar-refractivity contribution in [3.63, 3.8) is 0 Å². The number of carbonyl (C=O) groups excluding carboxylic acids is 1. The van der Waals surface area contributed by atoms with Crippen LogP contribution < -0.4 is 16.0 Å². The Morgan fingerprint density at radius 3 is 3.00 bits per heavy atom. The van der Waals surface area contributed by atoms with Crippen LogP contribution in [-0.2, 0) is 0 Å². The highest BCUT2D eigenvalue weighted by molar-refractivity contribution is 7.12. The number of rotatable bonds is 2. The molecule has 0 aliphatic rings. The van der Waals surface area contributed by atoms with Crippen molar-refractivity contribution in [2.24, 2.45) is 5.84 Å². The zero-order chi connectivity index (χ0) is 8.27. The number of methoxy groups -OCH3 is 1. The first-order chi connectivity index (χ1) is 5.27. The Hall–Kier alpha value is -1.07. The molecule has 0 unspecified atom stereocenters. The minimum Gasteiger partial charge on any atom is -0.496 e. The summed E-state index contributed by atoms with van der Waals surface area (Å²) < 4.78 is 4.88. The Kier molecular flexibility index (Phi) is 2.45. The molecule has 0 saturated heterocycles. The van der Waals surface area contributed by atoms with Gasteiger partial charge in [-0.3, -0.25) is 10.2 Å². The van der Waals surface area contributed by atoms with Gasteiger partial charge in [0.2, 0.25) is 0 Å². The highest BCUT2D eigenvalue weighted by Gasteiger charge is 2.06. The van der Waals surface area contributed by atoms with Crippen molar-refractivity contribution in [2.45, 2.75) is 0 Å². The standard InChI is InChI=1S/C6H8N2O2S/c1-10-4-2-5(11-3-4)6(9)8-7/h2-3H,7H2,1H3,(H,8,9). The number of carbonyl (C=O) groups is 1. The number of amides is 1. The molecule has 0 bridgehead atoms. The maximum atomic E-state index is 10.9. The molecule has 1 heterocycles. The Labute approximate surface area is 67.9 Å². The molecule has 5 heteroatoms. The fraction of sp³-hybridized carbons (Fsp3) is 0.167. The molecule has 4 nitrogen and oxygen atoms in total. The van der Waals surface area contributed by atoms with Gasteiger partial charge in [-0.2, -0.15) is 0 Å². The normalized spacial score (nSPS) is 9.27. The predicted molar refractivity (Wildman–Crippen MR) is 42.5 cm³/mol. The van der Waals surface area contributed by atoms with Crippen molar-refractivity contribution in [1.82, 2.24) is 5.43 Å². The number of nitrogens with two attached hydrogens (primary N) is 1. The first-order valence-corrected chi connectivity index (χ1v) is 3.79. The topological polar surface area (TPSA) is 64.3 Å². The van der Waals surface area contributed by atoms with E-state index in [0.29, 0.717) is 10.6 Å². The average molecular weight is 172 g/mol. The van der Waals surface area contributed by atoms with Crippen LogP contribution in [0, 0.1) is 0 Å². The zero-order valence-corrected chi connectivity index (χ0v) is 6.77. The van der Waals surface area contributed by atoms with Crippen LogP contribution in [0.25, 0.3) is 0 Å². The van der Waals surface area contributed by atoms with E-state index in [-0.39, 0.29) is 5.91 Å². The van der Waals surface area contributed by atoms with Gasteiger partial charge in [0.05, 0.1) is 12.0 Å². The van der Waals surface area contributed by atoms with E-state index in [9.17, 15) is 4.79 Å². The van der Waals surface area contributed by atoms with Gasteiger partial charge in [0.15, 0.2) is 0 Å². The lowest BCUT2D eigenvalue weighted by Gasteiger charge is -1.92. The highest BCUT2D eigenvalue weighted by Crippen LogP contribution is 2.20. The van der Waals surface area contributed by atoms with E-state index in [2.05, 4.69) is 0 Å². The van der Waals surface area contributed by atoms with Crippen LogP contribution in [0.2, 0.25) is 0 Å². The van der Waals surface area contributed by atoms with Gasteiger partial charge in [-0.1, -0.05) is 0 Å². The SMILES string of the molecule is COc1csc(C(=O)NN)c1. The quantitative estimate of drug-likeness (QED) is 0.384. The smallest absolute Gasteiger partial charge is 0.275 e. The summed E-state index contributed by atoms with van der Waals surface area (Å²) in [7, 11) is 1.55. The van der Waals surface area contributed by atoms with Crippen LogP contribution in [-0.4, -0.2) is 13.0 Å². The minimum atomic E-state index is -0.293. The maximum absolute atomic E-state index is 10.9. The third-order valence-corrected chi connectivity index (χ3v) is 2.07. The van der Waals surface area contributed by atoms with Crippen LogP contribution >= 0.6 is 11.3 Å². The molecular weight excluding hydrogens is 164 g/mol. The highest BCUT2D eigenvalue weighted by atomic mass is 32.1. The Morgan fingerprint density at radius 2 is 2.55 bits per heavy atom. The van der Waals surface area contributed by atoms with E-state index in [1.165, 1.54) is 11.3 Å². The van der Waals surface area contributed by atoms with Gasteiger partial charge in [-0.05, 0) is 0 Å². The summed E-state index contributed by atoms with van der Waals surface area (Å²) in [6.45, 7) is 0. The Balaban J connectivity index is 2.80. The number of thiophene rings is 1. The van der Waals surface area contributed by atoms with Crippen molar-refractivity contribution < 1.29 is 9.53 Å². The van der Waals surface area contributed by atoms with Gasteiger partial charge in [0.25, 0.3) is 5.91 Å². The number of hydrogen-bond donors (Lipinski definition) is 2. The van der Waals surface area contributed by atoms with Crippen molar-refractivity contribution in [1.29, 1.82) is 0 Å². The largest absolute Gasteiger partial charge is 0.496 e. The predicted octanol–water partition coefficient (Wildman–Crippen LogP) is 0.360. The van der Waals surface area contributed by atoms with E-state index in [1.807, 2.05) is 5.43 Å². The number of nitrogens with one attached hydrogen (secondary N) is 1. The van der Waals surface area contributed by atoms with Gasteiger partial charge in [0.1, 0.15) is 5.75 Å². The van der Waals surface area contributed by atoms with Crippen LogP contribution in [0.5, 0.6) is 5.75 Å². The van der Waals surface area contributed by atoms with E-state index in [4.69, 9.17) is 10.6 Å². The lowest BCUT2D eigenvalue weighted by atomic mass is 10.4. The molecule has 0 aliphatic carbocycles. The average Bonchev–Trinajstić information content (AvgIpc) is 2.50. The summed E-state index contributed by atoms with van der Waals surface area (Å²) in [6, 6.07) is 1.63. The molecule has 1 amide bonds. The lowest BCUT2D eigenvalue weighted by Crippen LogP contribution is -2.29. The molecule has 1 aromatic rings. The van der Waals surface area contributed by atoms with E-state index < -0.39 is 0 Å². The van der Waals surface area contributed by atoms with Gasteiger partial charge in [-0.15, -0.1) is 11.3 Å². The van der Waals surface area contributed by atoms with Gasteiger partial charge < -0.3 is 4.74 Å². The molecule has 0 atom stereocenters. The van der Waals surface area contributed by atoms with Crippen LogP contribution in [0.15, 0.2) is 11.4 Å². The molecular formula is C6H8N2O2S. The zero-order valence-electron chi connectivity index (χ0n) is 5.96. The number of nitrogen functional groups attached to an aromatic ring is 1. The summed E-state index contributed by atoms with van der Waals surface area (Å²) >= 11 is 1.29. The summed E-state index contributed by atoms with van der Waals surface area (Å²) in [6.07, 6.45) is 0. The number of hydrazine groups is 1. The fourth-order valence-corrected chi connectivity index (χ4v) is 1.37. The van der Waals surface area contributed by atoms with E-state index in [1.54, 1.807) is 18.6 Å². The molecule has 0 aromatic carbocycles. The molecule has 0 saturated carbocycles. The Bertz CT molecular complexity index is 259. The van der Waals surface area contributed by atoms with Crippen LogP contribution in [0.1, 0.15) is 9.67 Å². The van der Waals surface area contributed by atoms with Crippen LogP contribution in [0.3, 0.4) is 0 Å². The molecule has 1 aromatic heterocycles. The summed E-state index contributed by atoms with van der Waals surface area (Å²) in [5.41, 5.74) is 2.03. The second kappa shape index (κ2) is 3.36. The molecule has 11 heavy (non-hydrogen) atoms. The summed E-state index contributed by atoms with van der Waals surface area (Å²) in [5.74, 6) is 5.30. The van der Waals surface area contributed by atoms with Crippen molar-refractivity contribution in [2.75, 3.05) is 7.11 Å². The van der Waals surface area contributed by atoms with E-state index >= 15 is 0 Å². The first kappa shape index (κ1) is 8.03. The first-order valence-electron chi connectivity index (χ1n) is 2.91. The summed E-state index contributed by atoms with van der Waals surface area (Å²) in [5, 5.41) is 1.74. The van der Waals surface area contributed by atoms with Crippen molar-refractivity contribution >= 4 is 17.2 Å². The molecule has 0 fully saturated rings. The summed E-state index contributed by atoms with van der Waals surface area (Å²) in [4.78, 5) is 11.4. The van der Waals surface area contributed by atoms with Crippen LogP contribution in [0.4, 0.5) is 0 Å². The van der Waals surface area contributed by atoms with Crippen molar-refractivity contribution in [3.05, 3.63) is 16.3 Å². The molecule has 60 valence electrons. The van der Waals surface area contributed by atoms with Gasteiger partial charge in [-0.25, -0.2) is 5.84 Å². The monoisotopic (exact) mass is 172 g/mol. The third kappa shape index (κ3) is 1.69. The Morgan fingerprint density at radius 1 is 1.82 bits per heavy atom. The van der Waals surface area contributed by atoms with E-state index in [0.717, 1.165) is 0 Å². The molecule has 1 rings (SSSR count). The second-order valence-electron chi connectivity index (χ2n) is 1.82. The minimum absolute atomic E-state index is 0.293.